The minimum atomic E-state index is -0.807. The number of thiophene rings is 1. The molecule has 0 spiro atoms. The molecule has 0 fully saturated rings. The van der Waals surface area contributed by atoms with E-state index in [4.69, 9.17) is 0 Å². The Morgan fingerprint density at radius 3 is 2.74 bits per heavy atom. The quantitative estimate of drug-likeness (QED) is 0.706. The Balaban J connectivity index is 2.08. The zero-order valence-corrected chi connectivity index (χ0v) is 12.2. The highest BCUT2D eigenvalue weighted by molar-refractivity contribution is 9.10. The maximum absolute atomic E-state index is 13.5. The second-order valence-corrected chi connectivity index (χ2v) is 6.03. The molecule has 0 amide bonds. The summed E-state index contributed by atoms with van der Waals surface area (Å²) in [5.74, 6) is -0.365. The summed E-state index contributed by atoms with van der Waals surface area (Å²) < 4.78 is 15.1. The highest BCUT2D eigenvalue weighted by atomic mass is 79.9. The number of hydrogen-bond acceptors (Lipinski definition) is 2. The van der Waals surface area contributed by atoms with Gasteiger partial charge in [0, 0.05) is 10.3 Å². The summed E-state index contributed by atoms with van der Waals surface area (Å²) in [5, 5.41) is 13.4. The Kier molecular flexibility index (Phi) is 3.39. The molecule has 0 aliphatic heterocycles. The summed E-state index contributed by atoms with van der Waals surface area (Å²) in [6.07, 6.45) is -0.807. The van der Waals surface area contributed by atoms with Gasteiger partial charge in [-0.3, -0.25) is 0 Å². The summed E-state index contributed by atoms with van der Waals surface area (Å²) in [7, 11) is 0. The van der Waals surface area contributed by atoms with Gasteiger partial charge in [-0.25, -0.2) is 4.39 Å². The molecule has 4 heteroatoms. The van der Waals surface area contributed by atoms with Crippen molar-refractivity contribution in [1.29, 1.82) is 0 Å². The van der Waals surface area contributed by atoms with Gasteiger partial charge < -0.3 is 5.11 Å². The van der Waals surface area contributed by atoms with Gasteiger partial charge in [-0.15, -0.1) is 11.3 Å². The normalized spacial score (nSPS) is 12.8. The minimum Gasteiger partial charge on any atom is -0.384 e. The molecule has 1 atom stereocenters. The van der Waals surface area contributed by atoms with Crippen molar-refractivity contribution in [3.63, 3.8) is 0 Å². The second kappa shape index (κ2) is 5.04. The predicted octanol–water partition coefficient (Wildman–Crippen LogP) is 4.88. The van der Waals surface area contributed by atoms with Crippen LogP contribution in [-0.4, -0.2) is 5.11 Å². The number of halogens is 2. The Labute approximate surface area is 122 Å². The van der Waals surface area contributed by atoms with E-state index in [9.17, 15) is 9.50 Å². The van der Waals surface area contributed by atoms with Crippen LogP contribution in [0.1, 0.15) is 17.2 Å². The molecule has 1 heterocycles. The maximum Gasteiger partial charge on any atom is 0.137 e. The first-order valence-corrected chi connectivity index (χ1v) is 7.43. The molecular weight excluding hydrogens is 327 g/mol. The largest absolute Gasteiger partial charge is 0.384 e. The van der Waals surface area contributed by atoms with Crippen LogP contribution in [0, 0.1) is 5.82 Å². The first kappa shape index (κ1) is 12.8. The van der Waals surface area contributed by atoms with Crippen LogP contribution in [0.2, 0.25) is 0 Å². The molecule has 96 valence electrons. The Bertz CT molecular complexity index is 738. The van der Waals surface area contributed by atoms with Crippen molar-refractivity contribution in [2.75, 3.05) is 0 Å². The molecule has 1 unspecified atom stereocenters. The van der Waals surface area contributed by atoms with E-state index in [1.54, 1.807) is 23.5 Å². The Morgan fingerprint density at radius 2 is 1.95 bits per heavy atom. The van der Waals surface area contributed by atoms with Crippen molar-refractivity contribution in [1.82, 2.24) is 0 Å². The smallest absolute Gasteiger partial charge is 0.137 e. The summed E-state index contributed by atoms with van der Waals surface area (Å²) in [4.78, 5) is 0. The van der Waals surface area contributed by atoms with Crippen molar-refractivity contribution in [3.8, 4) is 0 Å². The first-order chi connectivity index (χ1) is 9.16. The van der Waals surface area contributed by atoms with Gasteiger partial charge in [0.2, 0.25) is 0 Å². The Hall–Kier alpha value is -1.23. The van der Waals surface area contributed by atoms with Crippen molar-refractivity contribution in [2.45, 2.75) is 6.10 Å². The first-order valence-electron chi connectivity index (χ1n) is 5.76. The number of rotatable bonds is 2. The van der Waals surface area contributed by atoms with Crippen LogP contribution in [0.15, 0.2) is 52.3 Å². The van der Waals surface area contributed by atoms with Crippen LogP contribution in [0.25, 0.3) is 10.1 Å². The van der Waals surface area contributed by atoms with Gasteiger partial charge in [0.25, 0.3) is 0 Å². The van der Waals surface area contributed by atoms with Gasteiger partial charge in [0.1, 0.15) is 11.9 Å². The van der Waals surface area contributed by atoms with Gasteiger partial charge in [-0.1, -0.05) is 24.3 Å². The summed E-state index contributed by atoms with van der Waals surface area (Å²) in [6, 6.07) is 12.6. The van der Waals surface area contributed by atoms with Gasteiger partial charge in [0.15, 0.2) is 0 Å². The number of hydrogen-bond donors (Lipinski definition) is 1. The molecule has 0 saturated carbocycles. The van der Waals surface area contributed by atoms with E-state index in [2.05, 4.69) is 15.9 Å². The third-order valence-electron chi connectivity index (χ3n) is 3.06. The third kappa shape index (κ3) is 2.31. The monoisotopic (exact) mass is 336 g/mol. The van der Waals surface area contributed by atoms with Crippen LogP contribution in [0.3, 0.4) is 0 Å². The zero-order valence-electron chi connectivity index (χ0n) is 9.81. The van der Waals surface area contributed by atoms with E-state index in [-0.39, 0.29) is 5.82 Å². The SMILES string of the molecule is OC(c1ccc(Br)c(F)c1)c1csc2ccccc12. The molecule has 0 bridgehead atoms. The molecule has 0 aliphatic carbocycles. The molecule has 19 heavy (non-hydrogen) atoms. The van der Waals surface area contributed by atoms with Gasteiger partial charge in [-0.05, 0) is 50.5 Å². The fraction of sp³-hybridized carbons (Fsp3) is 0.0667. The summed E-state index contributed by atoms with van der Waals surface area (Å²) in [5.41, 5.74) is 1.38. The number of aliphatic hydroxyl groups excluding tert-OH is 1. The molecule has 3 rings (SSSR count). The van der Waals surface area contributed by atoms with Gasteiger partial charge >= 0.3 is 0 Å². The number of fused-ring (bicyclic) bond motifs is 1. The fourth-order valence-corrected chi connectivity index (χ4v) is 3.30. The molecule has 0 aliphatic rings. The van der Waals surface area contributed by atoms with Crippen molar-refractivity contribution < 1.29 is 9.50 Å². The standard InChI is InChI=1S/C15H10BrFOS/c16-12-6-5-9(7-13(12)17)15(18)11-8-19-14-4-2-1-3-10(11)14/h1-8,15,18H. The van der Waals surface area contributed by atoms with E-state index in [0.29, 0.717) is 10.0 Å². The fourth-order valence-electron chi connectivity index (χ4n) is 2.07. The molecule has 3 aromatic rings. The lowest BCUT2D eigenvalue weighted by Crippen LogP contribution is -1.99. The summed E-state index contributed by atoms with van der Waals surface area (Å²) >= 11 is 4.69. The lowest BCUT2D eigenvalue weighted by molar-refractivity contribution is 0.221. The number of aliphatic hydroxyl groups is 1. The molecule has 2 aromatic carbocycles. The average Bonchev–Trinajstić information content (AvgIpc) is 2.85. The van der Waals surface area contributed by atoms with Crippen molar-refractivity contribution in [3.05, 3.63) is 69.3 Å². The minimum absolute atomic E-state index is 0.365. The van der Waals surface area contributed by atoms with E-state index in [1.807, 2.05) is 29.6 Å². The molecular formula is C15H10BrFOS. The van der Waals surface area contributed by atoms with Crippen LogP contribution in [0.5, 0.6) is 0 Å². The van der Waals surface area contributed by atoms with Gasteiger partial charge in [0.05, 0.1) is 4.47 Å². The van der Waals surface area contributed by atoms with Gasteiger partial charge in [-0.2, -0.15) is 0 Å². The van der Waals surface area contributed by atoms with E-state index < -0.39 is 6.10 Å². The van der Waals surface area contributed by atoms with Crippen molar-refractivity contribution >= 4 is 37.4 Å². The van der Waals surface area contributed by atoms with E-state index in [0.717, 1.165) is 15.6 Å². The molecule has 1 nitrogen and oxygen atoms in total. The molecule has 0 radical (unpaired) electrons. The Morgan fingerprint density at radius 1 is 1.16 bits per heavy atom. The lowest BCUT2D eigenvalue weighted by Gasteiger charge is -2.11. The van der Waals surface area contributed by atoms with Crippen molar-refractivity contribution in [2.24, 2.45) is 0 Å². The highest BCUT2D eigenvalue weighted by Gasteiger charge is 2.16. The van der Waals surface area contributed by atoms with Crippen LogP contribution in [-0.2, 0) is 0 Å². The average molecular weight is 337 g/mol. The van der Waals surface area contributed by atoms with Crippen LogP contribution >= 0.6 is 27.3 Å². The molecule has 0 saturated heterocycles. The lowest BCUT2D eigenvalue weighted by atomic mass is 10.0. The van der Waals surface area contributed by atoms with Crippen LogP contribution < -0.4 is 0 Å². The predicted molar refractivity (Wildman–Crippen MR) is 80.0 cm³/mol. The second-order valence-electron chi connectivity index (χ2n) is 4.26. The van der Waals surface area contributed by atoms with E-state index in [1.165, 1.54) is 6.07 Å². The number of benzene rings is 2. The third-order valence-corrected chi connectivity index (χ3v) is 4.69. The highest BCUT2D eigenvalue weighted by Crippen LogP contribution is 2.34. The summed E-state index contributed by atoms with van der Waals surface area (Å²) in [6.45, 7) is 0. The molecule has 1 aromatic heterocycles. The maximum atomic E-state index is 13.5. The topological polar surface area (TPSA) is 20.2 Å². The molecule has 1 N–H and O–H groups in total. The zero-order chi connectivity index (χ0) is 13.4. The van der Waals surface area contributed by atoms with Crippen LogP contribution in [0.4, 0.5) is 4.39 Å². The van der Waals surface area contributed by atoms with E-state index >= 15 is 0 Å².